The number of aliphatic imine (C=N–C) groups is 1. The van der Waals surface area contributed by atoms with Crippen molar-refractivity contribution in [1.82, 2.24) is 9.88 Å². The van der Waals surface area contributed by atoms with Gasteiger partial charge in [-0.1, -0.05) is 0 Å². The van der Waals surface area contributed by atoms with E-state index in [1.165, 1.54) is 0 Å². The molecule has 18 heavy (non-hydrogen) atoms. The highest BCUT2D eigenvalue weighted by Gasteiger charge is 2.05. The Balaban J connectivity index is 2.39. The zero-order valence-electron chi connectivity index (χ0n) is 10.2. The van der Waals surface area contributed by atoms with Crippen LogP contribution in [-0.2, 0) is 0 Å². The highest BCUT2D eigenvalue weighted by atomic mass is 32.1. The van der Waals surface area contributed by atoms with Crippen LogP contribution in [-0.4, -0.2) is 30.3 Å². The molecule has 0 unspecified atom stereocenters. The molecular weight excluding hydrogens is 244 g/mol. The number of benzene rings is 1. The SMILES string of the molecule is CN(C)/C=N\c1ccc(-c2nccs2)cc1C#N. The number of aromatic nitrogens is 1. The predicted molar refractivity (Wildman–Crippen MR) is 74.1 cm³/mol. The van der Waals surface area contributed by atoms with E-state index >= 15 is 0 Å². The fraction of sp³-hybridized carbons (Fsp3) is 0.154. The maximum Gasteiger partial charge on any atom is 0.123 e. The van der Waals surface area contributed by atoms with Crippen molar-refractivity contribution in [1.29, 1.82) is 5.26 Å². The third-order valence-corrected chi connectivity index (χ3v) is 3.05. The number of thiazole rings is 1. The van der Waals surface area contributed by atoms with Gasteiger partial charge in [0.2, 0.25) is 0 Å². The normalized spacial score (nSPS) is 10.5. The summed E-state index contributed by atoms with van der Waals surface area (Å²) in [5, 5.41) is 12.0. The lowest BCUT2D eigenvalue weighted by Gasteiger charge is -2.04. The third-order valence-electron chi connectivity index (χ3n) is 2.22. The van der Waals surface area contributed by atoms with Crippen LogP contribution in [0.5, 0.6) is 0 Å². The molecule has 0 aliphatic carbocycles. The second kappa shape index (κ2) is 5.43. The van der Waals surface area contributed by atoms with Gasteiger partial charge in [0, 0.05) is 31.2 Å². The molecular formula is C13H12N4S. The molecule has 0 spiro atoms. The first-order chi connectivity index (χ1) is 8.70. The average molecular weight is 256 g/mol. The topological polar surface area (TPSA) is 52.3 Å². The first-order valence-electron chi connectivity index (χ1n) is 5.35. The Hall–Kier alpha value is -2.19. The molecule has 4 nitrogen and oxygen atoms in total. The van der Waals surface area contributed by atoms with Gasteiger partial charge in [0.05, 0.1) is 17.6 Å². The molecule has 0 aliphatic heterocycles. The van der Waals surface area contributed by atoms with E-state index in [2.05, 4.69) is 16.0 Å². The molecule has 0 aliphatic rings. The molecule has 0 saturated carbocycles. The number of nitrogens with zero attached hydrogens (tertiary/aromatic N) is 4. The maximum absolute atomic E-state index is 9.15. The lowest BCUT2D eigenvalue weighted by molar-refractivity contribution is 0.643. The summed E-state index contributed by atoms with van der Waals surface area (Å²) in [5.41, 5.74) is 2.18. The van der Waals surface area contributed by atoms with Crippen LogP contribution in [0.25, 0.3) is 10.6 Å². The minimum absolute atomic E-state index is 0.556. The van der Waals surface area contributed by atoms with Crippen LogP contribution in [0.3, 0.4) is 0 Å². The van der Waals surface area contributed by atoms with Crippen LogP contribution in [0.4, 0.5) is 5.69 Å². The molecule has 0 atom stereocenters. The highest BCUT2D eigenvalue weighted by molar-refractivity contribution is 7.13. The number of hydrogen-bond donors (Lipinski definition) is 0. The molecule has 0 N–H and O–H groups in total. The van der Waals surface area contributed by atoms with E-state index in [1.54, 1.807) is 23.9 Å². The van der Waals surface area contributed by atoms with Crippen molar-refractivity contribution in [3.8, 4) is 16.6 Å². The van der Waals surface area contributed by atoms with Gasteiger partial charge in [0.15, 0.2) is 0 Å². The average Bonchev–Trinajstić information content (AvgIpc) is 2.90. The van der Waals surface area contributed by atoms with E-state index in [1.807, 2.05) is 42.6 Å². The van der Waals surface area contributed by atoms with Gasteiger partial charge >= 0.3 is 0 Å². The fourth-order valence-corrected chi connectivity index (χ4v) is 2.05. The Kier molecular flexibility index (Phi) is 3.70. The molecule has 0 radical (unpaired) electrons. The van der Waals surface area contributed by atoms with Gasteiger partial charge in [-0.25, -0.2) is 9.98 Å². The first-order valence-corrected chi connectivity index (χ1v) is 6.23. The summed E-state index contributed by atoms with van der Waals surface area (Å²) in [6, 6.07) is 7.76. The van der Waals surface area contributed by atoms with Crippen molar-refractivity contribution < 1.29 is 0 Å². The summed E-state index contributed by atoms with van der Waals surface area (Å²) < 4.78 is 0. The number of hydrogen-bond acceptors (Lipinski definition) is 4. The monoisotopic (exact) mass is 256 g/mol. The van der Waals surface area contributed by atoms with Gasteiger partial charge in [0.25, 0.3) is 0 Å². The fourth-order valence-electron chi connectivity index (χ4n) is 1.41. The maximum atomic E-state index is 9.15. The van der Waals surface area contributed by atoms with Crippen LogP contribution in [0.1, 0.15) is 5.56 Å². The van der Waals surface area contributed by atoms with Crippen LogP contribution >= 0.6 is 11.3 Å². The summed E-state index contributed by atoms with van der Waals surface area (Å²) in [6.07, 6.45) is 3.43. The molecule has 1 aromatic heterocycles. The minimum atomic E-state index is 0.556. The van der Waals surface area contributed by atoms with Crippen molar-refractivity contribution in [3.05, 3.63) is 35.3 Å². The van der Waals surface area contributed by atoms with Gasteiger partial charge in [-0.05, 0) is 18.2 Å². The molecule has 90 valence electrons. The van der Waals surface area contributed by atoms with Gasteiger partial charge in [-0.2, -0.15) is 5.26 Å². The Bertz CT molecular complexity index is 594. The number of rotatable bonds is 3. The van der Waals surface area contributed by atoms with Crippen molar-refractivity contribution >= 4 is 23.4 Å². The quantitative estimate of drug-likeness (QED) is 0.626. The molecule has 0 amide bonds. The van der Waals surface area contributed by atoms with Crippen molar-refractivity contribution in [3.63, 3.8) is 0 Å². The van der Waals surface area contributed by atoms with Crippen LogP contribution in [0, 0.1) is 11.3 Å². The molecule has 0 bridgehead atoms. The third kappa shape index (κ3) is 2.73. The zero-order valence-corrected chi connectivity index (χ0v) is 11.0. The molecule has 2 rings (SSSR count). The summed E-state index contributed by atoms with van der Waals surface area (Å²) >= 11 is 1.55. The smallest absolute Gasteiger partial charge is 0.123 e. The van der Waals surface area contributed by atoms with E-state index in [-0.39, 0.29) is 0 Å². The molecule has 1 heterocycles. The molecule has 2 aromatic rings. The summed E-state index contributed by atoms with van der Waals surface area (Å²) in [6.45, 7) is 0. The number of nitriles is 1. The molecule has 0 saturated heterocycles. The Morgan fingerprint density at radius 3 is 2.89 bits per heavy atom. The molecule has 5 heteroatoms. The summed E-state index contributed by atoms with van der Waals surface area (Å²) in [4.78, 5) is 10.3. The lowest BCUT2D eigenvalue weighted by Crippen LogP contribution is -2.07. The second-order valence-corrected chi connectivity index (χ2v) is 4.78. The van der Waals surface area contributed by atoms with Crippen LogP contribution in [0.15, 0.2) is 34.8 Å². The minimum Gasteiger partial charge on any atom is -0.369 e. The summed E-state index contributed by atoms with van der Waals surface area (Å²) in [5.74, 6) is 0. The molecule has 0 fully saturated rings. The van der Waals surface area contributed by atoms with Crippen molar-refractivity contribution in [2.75, 3.05) is 14.1 Å². The van der Waals surface area contributed by atoms with E-state index in [0.717, 1.165) is 10.6 Å². The van der Waals surface area contributed by atoms with Crippen LogP contribution in [0.2, 0.25) is 0 Å². The Labute approximate surface area is 110 Å². The predicted octanol–water partition coefficient (Wildman–Crippen LogP) is 2.90. The van der Waals surface area contributed by atoms with Crippen molar-refractivity contribution in [2.45, 2.75) is 0 Å². The molecule has 1 aromatic carbocycles. The zero-order chi connectivity index (χ0) is 13.0. The lowest BCUT2D eigenvalue weighted by atomic mass is 10.1. The summed E-state index contributed by atoms with van der Waals surface area (Å²) in [7, 11) is 3.78. The van der Waals surface area contributed by atoms with E-state index in [4.69, 9.17) is 5.26 Å². The van der Waals surface area contributed by atoms with Gasteiger partial charge in [0.1, 0.15) is 11.1 Å². The Morgan fingerprint density at radius 2 is 2.28 bits per heavy atom. The van der Waals surface area contributed by atoms with Crippen LogP contribution < -0.4 is 0 Å². The standard InChI is InChI=1S/C13H12N4S/c1-17(2)9-16-12-4-3-10(7-11(12)8-14)13-15-5-6-18-13/h3-7,9H,1-2H3/b16-9-. The van der Waals surface area contributed by atoms with E-state index < -0.39 is 0 Å². The van der Waals surface area contributed by atoms with Crippen molar-refractivity contribution in [2.24, 2.45) is 4.99 Å². The van der Waals surface area contributed by atoms with E-state index in [9.17, 15) is 0 Å². The Morgan fingerprint density at radius 1 is 1.44 bits per heavy atom. The van der Waals surface area contributed by atoms with Gasteiger partial charge < -0.3 is 4.90 Å². The highest BCUT2D eigenvalue weighted by Crippen LogP contribution is 2.27. The van der Waals surface area contributed by atoms with E-state index in [0.29, 0.717) is 11.3 Å². The first kappa shape index (κ1) is 12.3. The second-order valence-electron chi connectivity index (χ2n) is 3.89. The largest absolute Gasteiger partial charge is 0.369 e. The van der Waals surface area contributed by atoms with Gasteiger partial charge in [-0.3, -0.25) is 0 Å². The van der Waals surface area contributed by atoms with Gasteiger partial charge in [-0.15, -0.1) is 11.3 Å².